The van der Waals surface area contributed by atoms with Gasteiger partial charge < -0.3 is 10.1 Å². The number of nitriles is 1. The summed E-state index contributed by atoms with van der Waals surface area (Å²) in [5, 5.41) is 22.4. The Bertz CT molecular complexity index is 917. The normalized spacial score (nSPS) is 11.1. The zero-order valence-corrected chi connectivity index (χ0v) is 14.1. The van der Waals surface area contributed by atoms with Crippen LogP contribution in [0.1, 0.15) is 28.4 Å². The molecule has 0 spiro atoms. The van der Waals surface area contributed by atoms with E-state index in [1.807, 2.05) is 6.07 Å². The Kier molecular flexibility index (Phi) is 5.65. The number of benzene rings is 2. The smallest absolute Gasteiger partial charge is 0.338 e. The Morgan fingerprint density at radius 3 is 2.58 bits per heavy atom. The summed E-state index contributed by atoms with van der Waals surface area (Å²) in [7, 11) is 0. The van der Waals surface area contributed by atoms with E-state index in [-0.39, 0.29) is 16.8 Å². The summed E-state index contributed by atoms with van der Waals surface area (Å²) in [4.78, 5) is 34.6. The van der Waals surface area contributed by atoms with E-state index >= 15 is 0 Å². The highest BCUT2D eigenvalue weighted by Gasteiger charge is 2.21. The number of hydrogen-bond acceptors (Lipinski definition) is 6. The number of amides is 1. The average Bonchev–Trinajstić information content (AvgIpc) is 2.61. The minimum absolute atomic E-state index is 0.102. The van der Waals surface area contributed by atoms with Crippen molar-refractivity contribution in [3.05, 3.63) is 69.3 Å². The second-order valence-corrected chi connectivity index (χ2v) is 5.45. The number of nitrogens with one attached hydrogen (secondary N) is 1. The third-order valence-corrected chi connectivity index (χ3v) is 3.59. The van der Waals surface area contributed by atoms with Gasteiger partial charge in [0.2, 0.25) is 0 Å². The maximum atomic E-state index is 12.2. The maximum Gasteiger partial charge on any atom is 0.338 e. The van der Waals surface area contributed by atoms with Crippen LogP contribution in [0.3, 0.4) is 0 Å². The van der Waals surface area contributed by atoms with E-state index in [2.05, 4.69) is 5.32 Å². The third-order valence-electron chi connectivity index (χ3n) is 3.59. The molecule has 1 unspecified atom stereocenters. The molecular formula is C18H15N3O5. The predicted molar refractivity (Wildman–Crippen MR) is 92.5 cm³/mol. The highest BCUT2D eigenvalue weighted by atomic mass is 16.6. The molecule has 2 rings (SSSR count). The lowest BCUT2D eigenvalue weighted by atomic mass is 10.1. The lowest BCUT2D eigenvalue weighted by Crippen LogP contribution is -2.30. The molecule has 0 heterocycles. The Morgan fingerprint density at radius 2 is 1.96 bits per heavy atom. The van der Waals surface area contributed by atoms with E-state index in [1.54, 1.807) is 24.3 Å². The number of ether oxygens (including phenoxy) is 1. The SMILES string of the molecule is Cc1cc(C(=O)OC(C)C(=O)Nc2ccccc2C#N)ccc1[N+](=O)[O-]. The highest BCUT2D eigenvalue weighted by Crippen LogP contribution is 2.20. The van der Waals surface area contributed by atoms with Gasteiger partial charge in [-0.2, -0.15) is 5.26 Å². The van der Waals surface area contributed by atoms with Crippen molar-refractivity contribution in [2.45, 2.75) is 20.0 Å². The molecule has 0 fully saturated rings. The number of hydrogen-bond donors (Lipinski definition) is 1. The number of nitro benzene ring substituents is 1. The molecular weight excluding hydrogens is 338 g/mol. The van der Waals surface area contributed by atoms with Gasteiger partial charge in [0, 0.05) is 11.6 Å². The van der Waals surface area contributed by atoms with E-state index in [0.29, 0.717) is 11.3 Å². The van der Waals surface area contributed by atoms with Crippen LogP contribution >= 0.6 is 0 Å². The molecule has 8 heteroatoms. The molecule has 1 N–H and O–H groups in total. The molecule has 0 radical (unpaired) electrons. The first-order valence-corrected chi connectivity index (χ1v) is 7.59. The van der Waals surface area contributed by atoms with Crippen molar-refractivity contribution < 1.29 is 19.2 Å². The summed E-state index contributed by atoms with van der Waals surface area (Å²) < 4.78 is 5.10. The van der Waals surface area contributed by atoms with Crippen LogP contribution in [-0.2, 0) is 9.53 Å². The van der Waals surface area contributed by atoms with Crippen molar-refractivity contribution in [3.63, 3.8) is 0 Å². The van der Waals surface area contributed by atoms with Crippen LogP contribution < -0.4 is 5.32 Å². The van der Waals surface area contributed by atoms with Crippen molar-refractivity contribution in [2.75, 3.05) is 5.32 Å². The summed E-state index contributed by atoms with van der Waals surface area (Å²) in [6.07, 6.45) is -1.12. The van der Waals surface area contributed by atoms with Crippen LogP contribution in [0.2, 0.25) is 0 Å². The van der Waals surface area contributed by atoms with Crippen LogP contribution in [0.15, 0.2) is 42.5 Å². The van der Waals surface area contributed by atoms with E-state index in [1.165, 1.54) is 32.0 Å². The van der Waals surface area contributed by atoms with Gasteiger partial charge >= 0.3 is 5.97 Å². The van der Waals surface area contributed by atoms with Gasteiger partial charge in [0.05, 0.1) is 21.7 Å². The monoisotopic (exact) mass is 353 g/mol. The van der Waals surface area contributed by atoms with Gasteiger partial charge in [0.1, 0.15) is 6.07 Å². The van der Waals surface area contributed by atoms with Gasteiger partial charge in [-0.25, -0.2) is 4.79 Å². The molecule has 0 aliphatic rings. The quantitative estimate of drug-likeness (QED) is 0.501. The zero-order valence-electron chi connectivity index (χ0n) is 14.1. The lowest BCUT2D eigenvalue weighted by molar-refractivity contribution is -0.385. The Hall–Kier alpha value is -3.73. The number of carbonyl (C=O) groups is 2. The van der Waals surface area contributed by atoms with E-state index < -0.39 is 22.9 Å². The maximum absolute atomic E-state index is 12.2. The molecule has 0 saturated heterocycles. The van der Waals surface area contributed by atoms with Gasteiger partial charge in [0.25, 0.3) is 11.6 Å². The molecule has 8 nitrogen and oxygen atoms in total. The fraction of sp³-hybridized carbons (Fsp3) is 0.167. The summed E-state index contributed by atoms with van der Waals surface area (Å²) in [5.41, 5.74) is 0.898. The summed E-state index contributed by atoms with van der Waals surface area (Å²) >= 11 is 0. The highest BCUT2D eigenvalue weighted by molar-refractivity contribution is 5.98. The van der Waals surface area contributed by atoms with Crippen LogP contribution in [0, 0.1) is 28.4 Å². The van der Waals surface area contributed by atoms with Gasteiger partial charge in [-0.3, -0.25) is 14.9 Å². The first-order chi connectivity index (χ1) is 12.3. The molecule has 2 aromatic rings. The minimum Gasteiger partial charge on any atom is -0.449 e. The molecule has 1 atom stereocenters. The third kappa shape index (κ3) is 4.21. The molecule has 0 saturated carbocycles. The number of para-hydroxylation sites is 1. The molecule has 2 aromatic carbocycles. The van der Waals surface area contributed by atoms with Gasteiger partial charge in [-0.15, -0.1) is 0 Å². The largest absolute Gasteiger partial charge is 0.449 e. The molecule has 0 aliphatic heterocycles. The number of rotatable bonds is 5. The van der Waals surface area contributed by atoms with Gasteiger partial charge in [-0.05, 0) is 38.1 Å². The van der Waals surface area contributed by atoms with Crippen molar-refractivity contribution in [1.29, 1.82) is 5.26 Å². The number of esters is 1. The van der Waals surface area contributed by atoms with Crippen molar-refractivity contribution in [1.82, 2.24) is 0 Å². The predicted octanol–water partition coefficient (Wildman–Crippen LogP) is 2.96. The topological polar surface area (TPSA) is 122 Å². The molecule has 132 valence electrons. The van der Waals surface area contributed by atoms with Crippen LogP contribution in [0.5, 0.6) is 0 Å². The van der Waals surface area contributed by atoms with Crippen LogP contribution in [0.25, 0.3) is 0 Å². The van der Waals surface area contributed by atoms with Gasteiger partial charge in [0.15, 0.2) is 6.10 Å². The zero-order chi connectivity index (χ0) is 19.3. The van der Waals surface area contributed by atoms with Gasteiger partial charge in [-0.1, -0.05) is 12.1 Å². The molecule has 0 bridgehead atoms. The number of aryl methyl sites for hydroxylation is 1. The number of carbonyl (C=O) groups excluding carboxylic acids is 2. The number of nitrogens with zero attached hydrogens (tertiary/aromatic N) is 2. The fourth-order valence-corrected chi connectivity index (χ4v) is 2.19. The van der Waals surface area contributed by atoms with Crippen molar-refractivity contribution >= 4 is 23.3 Å². The summed E-state index contributed by atoms with van der Waals surface area (Å²) in [6, 6.07) is 12.2. The number of nitro groups is 1. The van der Waals surface area contributed by atoms with Crippen molar-refractivity contribution in [2.24, 2.45) is 0 Å². The molecule has 0 aromatic heterocycles. The second kappa shape index (κ2) is 7.90. The first kappa shape index (κ1) is 18.6. The van der Waals surface area contributed by atoms with Crippen LogP contribution in [-0.4, -0.2) is 22.9 Å². The van der Waals surface area contributed by atoms with E-state index in [9.17, 15) is 19.7 Å². The Balaban J connectivity index is 2.07. The number of anilines is 1. The Morgan fingerprint density at radius 1 is 1.27 bits per heavy atom. The molecule has 26 heavy (non-hydrogen) atoms. The average molecular weight is 353 g/mol. The molecule has 1 amide bonds. The fourth-order valence-electron chi connectivity index (χ4n) is 2.19. The molecule has 0 aliphatic carbocycles. The Labute approximate surface area is 149 Å². The lowest BCUT2D eigenvalue weighted by Gasteiger charge is -2.14. The van der Waals surface area contributed by atoms with Crippen molar-refractivity contribution in [3.8, 4) is 6.07 Å². The summed E-state index contributed by atoms with van der Waals surface area (Å²) in [5.74, 6) is -1.38. The second-order valence-electron chi connectivity index (χ2n) is 5.45. The van der Waals surface area contributed by atoms with E-state index in [4.69, 9.17) is 10.00 Å². The minimum atomic E-state index is -1.12. The first-order valence-electron chi connectivity index (χ1n) is 7.59. The summed E-state index contributed by atoms with van der Waals surface area (Å²) in [6.45, 7) is 2.89. The van der Waals surface area contributed by atoms with Crippen LogP contribution in [0.4, 0.5) is 11.4 Å². The van der Waals surface area contributed by atoms with E-state index in [0.717, 1.165) is 0 Å². The standard InChI is InChI=1S/C18H15N3O5/c1-11-9-13(7-8-16(11)21(24)25)18(23)26-12(2)17(22)20-15-6-4-3-5-14(15)10-19/h3-9,12H,1-2H3,(H,20,22).